The summed E-state index contributed by atoms with van der Waals surface area (Å²) in [7, 11) is 0.118. The van der Waals surface area contributed by atoms with Gasteiger partial charge in [-0.15, -0.1) is 11.3 Å². The zero-order valence-corrected chi connectivity index (χ0v) is 13.3. The molecular formula is C13H19N3O2S2. The lowest BCUT2D eigenvalue weighted by Gasteiger charge is -2.33. The third kappa shape index (κ3) is 3.04. The van der Waals surface area contributed by atoms with Crippen LogP contribution < -0.4 is 5.32 Å². The number of hydrogen-bond acceptors (Lipinski definition) is 5. The quantitative estimate of drug-likeness (QED) is 0.919. The molecule has 0 atom stereocenters. The van der Waals surface area contributed by atoms with Crippen LogP contribution in [0.1, 0.15) is 30.6 Å². The normalized spacial score (nSPS) is 23.7. The predicted molar refractivity (Wildman–Crippen MR) is 79.1 cm³/mol. The first-order chi connectivity index (χ1) is 9.48. The van der Waals surface area contributed by atoms with E-state index in [1.54, 1.807) is 13.1 Å². The second-order valence-corrected chi connectivity index (χ2v) is 8.35. The van der Waals surface area contributed by atoms with E-state index in [1.807, 2.05) is 13.1 Å². The van der Waals surface area contributed by atoms with E-state index in [9.17, 15) is 8.42 Å². The van der Waals surface area contributed by atoms with Crippen LogP contribution in [0.5, 0.6) is 0 Å². The molecule has 1 fully saturated rings. The van der Waals surface area contributed by atoms with Crippen molar-refractivity contribution in [2.75, 3.05) is 14.1 Å². The van der Waals surface area contributed by atoms with Gasteiger partial charge in [0, 0.05) is 19.1 Å². The molecule has 1 aliphatic rings. The van der Waals surface area contributed by atoms with Crippen LogP contribution in [0.15, 0.2) is 16.3 Å². The molecule has 1 saturated carbocycles. The van der Waals surface area contributed by atoms with Crippen molar-refractivity contribution < 1.29 is 8.42 Å². The van der Waals surface area contributed by atoms with E-state index in [0.29, 0.717) is 10.9 Å². The number of nitriles is 1. The molecule has 5 nitrogen and oxygen atoms in total. The van der Waals surface area contributed by atoms with Crippen molar-refractivity contribution in [3.63, 3.8) is 0 Å². The van der Waals surface area contributed by atoms with Gasteiger partial charge in [0.2, 0.25) is 0 Å². The maximum atomic E-state index is 12.5. The summed E-state index contributed by atoms with van der Waals surface area (Å²) in [4.78, 5) is 0.427. The zero-order valence-electron chi connectivity index (χ0n) is 11.7. The SMILES string of the molecule is CNC1CCC(N(C)S(=O)(=O)c2ccc(C#N)s2)CC1. The summed E-state index contributed by atoms with van der Waals surface area (Å²) < 4.78 is 26.8. The standard InChI is InChI=1S/C13H19N3O2S2/c1-15-10-3-5-11(6-4-10)16(2)20(17,18)13-8-7-12(9-14)19-13/h7-8,10-11,15H,3-6H2,1-2H3. The van der Waals surface area contributed by atoms with Gasteiger partial charge < -0.3 is 5.32 Å². The van der Waals surface area contributed by atoms with E-state index in [4.69, 9.17) is 5.26 Å². The van der Waals surface area contributed by atoms with Gasteiger partial charge in [0.05, 0.1) is 0 Å². The number of nitrogens with one attached hydrogen (secondary N) is 1. The van der Waals surface area contributed by atoms with E-state index < -0.39 is 10.0 Å². The Morgan fingerprint density at radius 3 is 2.50 bits per heavy atom. The zero-order chi connectivity index (χ0) is 14.8. The number of rotatable bonds is 4. The molecule has 0 aliphatic heterocycles. The fourth-order valence-electron chi connectivity index (χ4n) is 2.59. The fourth-order valence-corrected chi connectivity index (χ4v) is 5.29. The molecule has 0 bridgehead atoms. The molecule has 1 heterocycles. The topological polar surface area (TPSA) is 73.2 Å². The van der Waals surface area contributed by atoms with Crippen LogP contribution in [0.2, 0.25) is 0 Å². The van der Waals surface area contributed by atoms with Crippen LogP contribution in [0.3, 0.4) is 0 Å². The smallest absolute Gasteiger partial charge is 0.252 e. The summed E-state index contributed by atoms with van der Waals surface area (Å²) in [5.41, 5.74) is 0. The molecule has 20 heavy (non-hydrogen) atoms. The van der Waals surface area contributed by atoms with Crippen molar-refractivity contribution in [1.82, 2.24) is 9.62 Å². The summed E-state index contributed by atoms with van der Waals surface area (Å²) in [5.74, 6) is 0. The van der Waals surface area contributed by atoms with Crippen LogP contribution >= 0.6 is 11.3 Å². The van der Waals surface area contributed by atoms with E-state index in [-0.39, 0.29) is 10.3 Å². The van der Waals surface area contributed by atoms with Gasteiger partial charge in [-0.05, 0) is 44.9 Å². The molecule has 0 spiro atoms. The minimum absolute atomic E-state index is 0.0530. The highest BCUT2D eigenvalue weighted by atomic mass is 32.2. The minimum atomic E-state index is -3.47. The highest BCUT2D eigenvalue weighted by Gasteiger charge is 2.32. The Bertz CT molecular complexity index is 595. The summed E-state index contributed by atoms with van der Waals surface area (Å²) in [6.07, 6.45) is 3.74. The number of hydrogen-bond donors (Lipinski definition) is 1. The van der Waals surface area contributed by atoms with Crippen LogP contribution in [-0.4, -0.2) is 38.9 Å². The average Bonchev–Trinajstić information content (AvgIpc) is 2.96. The van der Waals surface area contributed by atoms with Crippen LogP contribution in [-0.2, 0) is 10.0 Å². The van der Waals surface area contributed by atoms with Crippen LogP contribution in [0.4, 0.5) is 0 Å². The number of nitrogens with zero attached hydrogens (tertiary/aromatic N) is 2. The molecule has 1 aromatic rings. The lowest BCUT2D eigenvalue weighted by molar-refractivity contribution is 0.255. The number of sulfonamides is 1. The first-order valence-electron chi connectivity index (χ1n) is 6.64. The molecule has 0 saturated heterocycles. The first kappa shape index (κ1) is 15.4. The second kappa shape index (κ2) is 6.22. The van der Waals surface area contributed by atoms with Gasteiger partial charge in [-0.1, -0.05) is 0 Å². The predicted octanol–water partition coefficient (Wildman–Crippen LogP) is 1.77. The summed E-state index contributed by atoms with van der Waals surface area (Å²) in [6.45, 7) is 0. The molecule has 2 rings (SSSR count). The Balaban J connectivity index is 2.12. The second-order valence-electron chi connectivity index (χ2n) is 5.05. The van der Waals surface area contributed by atoms with Crippen LogP contribution in [0, 0.1) is 11.3 Å². The highest BCUT2D eigenvalue weighted by molar-refractivity contribution is 7.91. The van der Waals surface area contributed by atoms with Gasteiger partial charge >= 0.3 is 0 Å². The molecule has 7 heteroatoms. The van der Waals surface area contributed by atoms with E-state index in [1.165, 1.54) is 10.4 Å². The van der Waals surface area contributed by atoms with E-state index in [0.717, 1.165) is 37.0 Å². The molecule has 0 aromatic carbocycles. The Morgan fingerprint density at radius 1 is 1.35 bits per heavy atom. The monoisotopic (exact) mass is 313 g/mol. The van der Waals surface area contributed by atoms with E-state index >= 15 is 0 Å². The number of thiophene rings is 1. The van der Waals surface area contributed by atoms with Gasteiger partial charge in [0.25, 0.3) is 10.0 Å². The molecular weight excluding hydrogens is 294 g/mol. The molecule has 0 radical (unpaired) electrons. The van der Waals surface area contributed by atoms with Gasteiger partial charge in [0.1, 0.15) is 15.2 Å². The Labute approximate surface area is 124 Å². The fraction of sp³-hybridized carbons (Fsp3) is 0.615. The summed E-state index contributed by atoms with van der Waals surface area (Å²) in [5, 5.41) is 12.0. The lowest BCUT2D eigenvalue weighted by Crippen LogP contribution is -2.42. The van der Waals surface area contributed by atoms with Gasteiger partial charge in [-0.2, -0.15) is 9.57 Å². The summed E-state index contributed by atoms with van der Waals surface area (Å²) in [6, 6.07) is 5.61. The lowest BCUT2D eigenvalue weighted by atomic mass is 9.91. The maximum Gasteiger partial charge on any atom is 0.252 e. The molecule has 0 unspecified atom stereocenters. The maximum absolute atomic E-state index is 12.5. The molecule has 1 aliphatic carbocycles. The average molecular weight is 313 g/mol. The van der Waals surface area contributed by atoms with Crippen LogP contribution in [0.25, 0.3) is 0 Å². The van der Waals surface area contributed by atoms with Crippen molar-refractivity contribution in [2.24, 2.45) is 0 Å². The molecule has 0 amide bonds. The minimum Gasteiger partial charge on any atom is -0.317 e. The largest absolute Gasteiger partial charge is 0.317 e. The molecule has 110 valence electrons. The van der Waals surface area contributed by atoms with Gasteiger partial charge in [-0.3, -0.25) is 0 Å². The Morgan fingerprint density at radius 2 is 2.00 bits per heavy atom. The van der Waals surface area contributed by atoms with Gasteiger partial charge in [0.15, 0.2) is 0 Å². The van der Waals surface area contributed by atoms with Gasteiger partial charge in [-0.25, -0.2) is 8.42 Å². The Kier molecular flexibility index (Phi) is 4.81. The van der Waals surface area contributed by atoms with Crippen molar-refractivity contribution in [3.05, 3.63) is 17.0 Å². The molecule has 1 N–H and O–H groups in total. The Hall–Kier alpha value is -0.940. The third-order valence-electron chi connectivity index (χ3n) is 3.94. The first-order valence-corrected chi connectivity index (χ1v) is 8.90. The summed E-state index contributed by atoms with van der Waals surface area (Å²) >= 11 is 1.03. The van der Waals surface area contributed by atoms with Crippen molar-refractivity contribution in [3.8, 4) is 6.07 Å². The highest BCUT2D eigenvalue weighted by Crippen LogP contribution is 2.29. The van der Waals surface area contributed by atoms with Crippen molar-refractivity contribution in [2.45, 2.75) is 42.0 Å². The van der Waals surface area contributed by atoms with Crippen molar-refractivity contribution >= 4 is 21.4 Å². The van der Waals surface area contributed by atoms with E-state index in [2.05, 4.69) is 5.32 Å². The van der Waals surface area contributed by atoms with Crippen molar-refractivity contribution in [1.29, 1.82) is 5.26 Å². The third-order valence-corrected chi connectivity index (χ3v) is 7.31. The molecule has 1 aromatic heterocycles.